The third kappa shape index (κ3) is 2.73. The van der Waals surface area contributed by atoms with Gasteiger partial charge in [0.05, 0.1) is 13.7 Å². The number of hydrogen-bond donors (Lipinski definition) is 0. The van der Waals surface area contributed by atoms with E-state index in [0.717, 1.165) is 35.3 Å². The molecule has 0 aromatic heterocycles. The fourth-order valence-electron chi connectivity index (χ4n) is 1.97. The zero-order valence-electron chi connectivity index (χ0n) is 10.9. The Hall–Kier alpha value is -1.77. The summed E-state index contributed by atoms with van der Waals surface area (Å²) in [4.78, 5) is 11.8. The molecule has 2 rings (SSSR count). The molecule has 0 unspecified atom stereocenters. The number of rotatable bonds is 5. The number of hydrogen-bond acceptors (Lipinski definition) is 3. The van der Waals surface area contributed by atoms with Gasteiger partial charge in [0, 0.05) is 12.0 Å². The molecule has 3 heteroatoms. The normalized spacial score (nSPS) is 12.9. The first kappa shape index (κ1) is 12.7. The first-order valence-corrected chi connectivity index (χ1v) is 6.29. The lowest BCUT2D eigenvalue weighted by Crippen LogP contribution is -2.08. The van der Waals surface area contributed by atoms with Gasteiger partial charge in [0.2, 0.25) is 0 Å². The summed E-state index contributed by atoms with van der Waals surface area (Å²) in [6, 6.07) is 5.86. The van der Waals surface area contributed by atoms with Crippen molar-refractivity contribution in [2.24, 2.45) is 0 Å². The smallest absolute Gasteiger partial charge is 0.334 e. The highest BCUT2D eigenvalue weighted by Gasteiger charge is 2.19. The van der Waals surface area contributed by atoms with Gasteiger partial charge < -0.3 is 9.47 Å². The maximum absolute atomic E-state index is 11.8. The average molecular weight is 246 g/mol. The number of carbonyl (C=O) groups excluding carboxylic acids is 1. The SMILES string of the molecule is CCCCOC(=O)C1=Cc2cc(OC)ccc2C1. The lowest BCUT2D eigenvalue weighted by molar-refractivity contribution is -0.139. The van der Waals surface area contributed by atoms with Gasteiger partial charge in [-0.3, -0.25) is 0 Å². The topological polar surface area (TPSA) is 35.5 Å². The van der Waals surface area contributed by atoms with Crippen molar-refractivity contribution < 1.29 is 14.3 Å². The number of esters is 1. The highest BCUT2D eigenvalue weighted by Crippen LogP contribution is 2.28. The lowest BCUT2D eigenvalue weighted by Gasteiger charge is -2.04. The van der Waals surface area contributed by atoms with E-state index in [9.17, 15) is 4.79 Å². The molecule has 0 amide bonds. The molecule has 0 fully saturated rings. The molecule has 0 N–H and O–H groups in total. The van der Waals surface area contributed by atoms with Crippen molar-refractivity contribution in [3.05, 3.63) is 34.9 Å². The molecule has 1 aromatic rings. The van der Waals surface area contributed by atoms with E-state index >= 15 is 0 Å². The Morgan fingerprint density at radius 1 is 1.39 bits per heavy atom. The minimum atomic E-state index is -0.196. The molecule has 0 saturated carbocycles. The van der Waals surface area contributed by atoms with Crippen LogP contribution in [0.1, 0.15) is 30.9 Å². The first-order chi connectivity index (χ1) is 8.74. The summed E-state index contributed by atoms with van der Waals surface area (Å²) in [5.41, 5.74) is 2.93. The second-order valence-corrected chi connectivity index (χ2v) is 4.40. The Morgan fingerprint density at radius 3 is 2.94 bits per heavy atom. The molecule has 0 heterocycles. The molecular formula is C15H18O3. The first-order valence-electron chi connectivity index (χ1n) is 6.29. The third-order valence-electron chi connectivity index (χ3n) is 3.06. The van der Waals surface area contributed by atoms with E-state index in [2.05, 4.69) is 6.92 Å². The molecule has 3 nitrogen and oxygen atoms in total. The molecule has 96 valence electrons. The van der Waals surface area contributed by atoms with E-state index in [0.29, 0.717) is 13.0 Å². The van der Waals surface area contributed by atoms with Crippen molar-refractivity contribution in [2.45, 2.75) is 26.2 Å². The van der Waals surface area contributed by atoms with Gasteiger partial charge in [-0.2, -0.15) is 0 Å². The Kier molecular flexibility index (Phi) is 4.03. The monoisotopic (exact) mass is 246 g/mol. The van der Waals surface area contributed by atoms with Crippen molar-refractivity contribution in [2.75, 3.05) is 13.7 Å². The van der Waals surface area contributed by atoms with Gasteiger partial charge in [0.25, 0.3) is 0 Å². The Morgan fingerprint density at radius 2 is 2.22 bits per heavy atom. The van der Waals surface area contributed by atoms with E-state index in [1.165, 1.54) is 0 Å². The van der Waals surface area contributed by atoms with E-state index in [4.69, 9.17) is 9.47 Å². The molecule has 18 heavy (non-hydrogen) atoms. The summed E-state index contributed by atoms with van der Waals surface area (Å²) in [5, 5.41) is 0. The van der Waals surface area contributed by atoms with Gasteiger partial charge in [0.1, 0.15) is 5.75 Å². The van der Waals surface area contributed by atoms with Crippen molar-refractivity contribution in [1.29, 1.82) is 0 Å². The minimum Gasteiger partial charge on any atom is -0.497 e. The number of benzene rings is 1. The largest absolute Gasteiger partial charge is 0.497 e. The van der Waals surface area contributed by atoms with Crippen molar-refractivity contribution in [3.63, 3.8) is 0 Å². The van der Waals surface area contributed by atoms with Gasteiger partial charge in [-0.15, -0.1) is 0 Å². The van der Waals surface area contributed by atoms with Crippen LogP contribution in [-0.4, -0.2) is 19.7 Å². The second kappa shape index (κ2) is 5.71. The summed E-state index contributed by atoms with van der Waals surface area (Å²) in [7, 11) is 1.64. The van der Waals surface area contributed by atoms with Crippen LogP contribution in [0.15, 0.2) is 23.8 Å². The maximum atomic E-state index is 11.8. The highest BCUT2D eigenvalue weighted by molar-refractivity contribution is 5.96. The van der Waals surface area contributed by atoms with Crippen LogP contribution >= 0.6 is 0 Å². The van der Waals surface area contributed by atoms with Crippen LogP contribution in [0, 0.1) is 0 Å². The van der Waals surface area contributed by atoms with Crippen LogP contribution in [0.5, 0.6) is 5.75 Å². The van der Waals surface area contributed by atoms with Crippen LogP contribution in [0.25, 0.3) is 6.08 Å². The molecule has 1 aromatic carbocycles. The Bertz CT molecular complexity index is 475. The molecule has 0 atom stereocenters. The summed E-state index contributed by atoms with van der Waals surface area (Å²) in [6.45, 7) is 2.58. The number of fused-ring (bicyclic) bond motifs is 1. The molecule has 0 saturated heterocycles. The van der Waals surface area contributed by atoms with Gasteiger partial charge in [-0.1, -0.05) is 19.4 Å². The predicted molar refractivity (Wildman–Crippen MR) is 70.5 cm³/mol. The number of methoxy groups -OCH3 is 1. The molecule has 0 bridgehead atoms. The summed E-state index contributed by atoms with van der Waals surface area (Å²) in [5.74, 6) is 0.615. The van der Waals surface area contributed by atoms with Crippen molar-refractivity contribution >= 4 is 12.0 Å². The molecule has 0 spiro atoms. The quantitative estimate of drug-likeness (QED) is 0.592. The average Bonchev–Trinajstić information content (AvgIpc) is 2.81. The zero-order valence-corrected chi connectivity index (χ0v) is 10.9. The van der Waals surface area contributed by atoms with E-state index < -0.39 is 0 Å². The number of unbranched alkanes of at least 4 members (excludes halogenated alkanes) is 1. The predicted octanol–water partition coefficient (Wildman–Crippen LogP) is 2.98. The van der Waals surface area contributed by atoms with E-state index in [1.807, 2.05) is 24.3 Å². The molecular weight excluding hydrogens is 228 g/mol. The van der Waals surface area contributed by atoms with E-state index in [-0.39, 0.29) is 5.97 Å². The lowest BCUT2D eigenvalue weighted by atomic mass is 10.1. The van der Waals surface area contributed by atoms with E-state index in [1.54, 1.807) is 7.11 Å². The summed E-state index contributed by atoms with van der Waals surface area (Å²) < 4.78 is 10.4. The summed E-state index contributed by atoms with van der Waals surface area (Å²) in [6.07, 6.45) is 4.50. The zero-order chi connectivity index (χ0) is 13.0. The fraction of sp³-hybridized carbons (Fsp3) is 0.400. The van der Waals surface area contributed by atoms with Gasteiger partial charge in [-0.25, -0.2) is 4.79 Å². The third-order valence-corrected chi connectivity index (χ3v) is 3.06. The summed E-state index contributed by atoms with van der Waals surface area (Å²) >= 11 is 0. The van der Waals surface area contributed by atoms with Gasteiger partial charge >= 0.3 is 5.97 Å². The van der Waals surface area contributed by atoms with Crippen molar-refractivity contribution in [1.82, 2.24) is 0 Å². The standard InChI is InChI=1S/C15H18O3/c1-3-4-7-18-15(16)13-8-11-5-6-14(17-2)10-12(11)9-13/h5-6,9-10H,3-4,7-8H2,1-2H3. The molecule has 1 aliphatic carbocycles. The highest BCUT2D eigenvalue weighted by atomic mass is 16.5. The molecule has 1 aliphatic rings. The molecule has 0 aliphatic heterocycles. The molecule has 0 radical (unpaired) electrons. The Labute approximate surface area is 107 Å². The second-order valence-electron chi connectivity index (χ2n) is 4.40. The van der Waals surface area contributed by atoms with Crippen LogP contribution in [0.3, 0.4) is 0 Å². The number of ether oxygens (including phenoxy) is 2. The van der Waals surface area contributed by atoms with Gasteiger partial charge in [-0.05, 0) is 35.8 Å². The fourth-order valence-corrected chi connectivity index (χ4v) is 1.97. The van der Waals surface area contributed by atoms with Crippen LogP contribution < -0.4 is 4.74 Å². The number of carbonyl (C=O) groups is 1. The maximum Gasteiger partial charge on any atom is 0.334 e. The minimum absolute atomic E-state index is 0.196. The van der Waals surface area contributed by atoms with Crippen LogP contribution in [0.2, 0.25) is 0 Å². The van der Waals surface area contributed by atoms with Crippen LogP contribution in [0.4, 0.5) is 0 Å². The van der Waals surface area contributed by atoms with Crippen molar-refractivity contribution in [3.8, 4) is 5.75 Å². The van der Waals surface area contributed by atoms with Crippen LogP contribution in [-0.2, 0) is 16.0 Å². The van der Waals surface area contributed by atoms with Gasteiger partial charge in [0.15, 0.2) is 0 Å². The Balaban J connectivity index is 2.03.